The van der Waals surface area contributed by atoms with Gasteiger partial charge in [0, 0.05) is 12.1 Å². The minimum atomic E-state index is 0. The van der Waals surface area contributed by atoms with E-state index >= 15 is 0 Å². The van der Waals surface area contributed by atoms with Crippen LogP contribution in [0.15, 0.2) is 36.0 Å². The van der Waals surface area contributed by atoms with Crippen molar-refractivity contribution >= 4 is 16.2 Å². The second-order valence-electron chi connectivity index (χ2n) is 1.85. The SMILES string of the molecule is [Br-].c1cc[n+]2ccsc2c1. The van der Waals surface area contributed by atoms with E-state index in [0.717, 1.165) is 0 Å². The van der Waals surface area contributed by atoms with Crippen LogP contribution in [0.5, 0.6) is 0 Å². The lowest BCUT2D eigenvalue weighted by Gasteiger charge is -1.75. The third kappa shape index (κ3) is 1.20. The van der Waals surface area contributed by atoms with Crippen molar-refractivity contribution in [2.24, 2.45) is 0 Å². The number of aromatic nitrogens is 1. The van der Waals surface area contributed by atoms with E-state index in [9.17, 15) is 0 Å². The Morgan fingerprint density at radius 3 is 2.90 bits per heavy atom. The third-order valence-electron chi connectivity index (χ3n) is 1.26. The number of fused-ring (bicyclic) bond motifs is 1. The van der Waals surface area contributed by atoms with Gasteiger partial charge in [-0.15, -0.1) is 0 Å². The molecule has 1 nitrogen and oxygen atoms in total. The first-order valence-corrected chi connectivity index (χ1v) is 3.68. The number of rotatable bonds is 0. The van der Waals surface area contributed by atoms with Crippen LogP contribution in [0.4, 0.5) is 0 Å². The number of hydrogen-bond donors (Lipinski definition) is 0. The molecule has 0 aliphatic rings. The highest BCUT2D eigenvalue weighted by molar-refractivity contribution is 7.14. The lowest BCUT2D eigenvalue weighted by atomic mass is 10.5. The smallest absolute Gasteiger partial charge is 0.266 e. The van der Waals surface area contributed by atoms with Gasteiger partial charge in [0.15, 0.2) is 12.4 Å². The quantitative estimate of drug-likeness (QED) is 0.471. The Morgan fingerprint density at radius 2 is 2.10 bits per heavy atom. The van der Waals surface area contributed by atoms with Gasteiger partial charge in [0.1, 0.15) is 0 Å². The minimum Gasteiger partial charge on any atom is -1.00 e. The first kappa shape index (κ1) is 7.69. The van der Waals surface area contributed by atoms with E-state index in [-0.39, 0.29) is 17.0 Å². The Hall–Kier alpha value is -0.410. The molecule has 2 aromatic heterocycles. The molecule has 0 radical (unpaired) electrons. The van der Waals surface area contributed by atoms with Crippen LogP contribution in [0.3, 0.4) is 0 Å². The fourth-order valence-electron chi connectivity index (χ4n) is 0.829. The molecule has 3 heteroatoms. The van der Waals surface area contributed by atoms with E-state index in [4.69, 9.17) is 0 Å². The van der Waals surface area contributed by atoms with Gasteiger partial charge in [-0.1, -0.05) is 11.3 Å². The van der Waals surface area contributed by atoms with Crippen LogP contribution >= 0.6 is 11.3 Å². The van der Waals surface area contributed by atoms with Gasteiger partial charge in [-0.2, -0.15) is 4.40 Å². The maximum absolute atomic E-state index is 2.10. The van der Waals surface area contributed by atoms with Gasteiger partial charge >= 0.3 is 0 Å². The fraction of sp³-hybridized carbons (Fsp3) is 0. The molecule has 0 atom stereocenters. The Bertz CT molecular complexity index is 288. The van der Waals surface area contributed by atoms with Crippen LogP contribution in [0, 0.1) is 0 Å². The van der Waals surface area contributed by atoms with Crippen molar-refractivity contribution in [2.45, 2.75) is 0 Å². The van der Waals surface area contributed by atoms with Gasteiger partial charge < -0.3 is 17.0 Å². The number of hydrogen-bond acceptors (Lipinski definition) is 1. The summed E-state index contributed by atoms with van der Waals surface area (Å²) in [6.45, 7) is 0. The molecule has 0 spiro atoms. The van der Waals surface area contributed by atoms with Crippen LogP contribution in [-0.2, 0) is 0 Å². The molecule has 2 rings (SSSR count). The van der Waals surface area contributed by atoms with Crippen molar-refractivity contribution in [3.8, 4) is 0 Å². The summed E-state index contributed by atoms with van der Waals surface area (Å²) in [5.74, 6) is 0. The Labute approximate surface area is 73.7 Å². The highest BCUT2D eigenvalue weighted by atomic mass is 79.9. The van der Waals surface area contributed by atoms with Crippen molar-refractivity contribution in [1.29, 1.82) is 0 Å². The summed E-state index contributed by atoms with van der Waals surface area (Å²) in [7, 11) is 0. The van der Waals surface area contributed by atoms with Gasteiger partial charge in [0.25, 0.3) is 4.83 Å². The maximum Gasteiger partial charge on any atom is 0.266 e. The van der Waals surface area contributed by atoms with Crippen molar-refractivity contribution in [3.63, 3.8) is 0 Å². The van der Waals surface area contributed by atoms with Crippen molar-refractivity contribution in [2.75, 3.05) is 0 Å². The Kier molecular flexibility index (Phi) is 2.40. The average molecular weight is 216 g/mol. The number of pyridine rings is 1. The summed E-state index contributed by atoms with van der Waals surface area (Å²) < 4.78 is 2.10. The Morgan fingerprint density at radius 1 is 1.20 bits per heavy atom. The molecule has 0 saturated heterocycles. The molecule has 0 N–H and O–H groups in total. The lowest BCUT2D eigenvalue weighted by Crippen LogP contribution is -3.00. The molecular formula is C7H6BrNS. The Balaban J connectivity index is 0.000000500. The van der Waals surface area contributed by atoms with Crippen molar-refractivity contribution in [3.05, 3.63) is 36.0 Å². The van der Waals surface area contributed by atoms with E-state index in [2.05, 4.69) is 22.0 Å². The normalized spacial score (nSPS) is 9.20. The van der Waals surface area contributed by atoms with Gasteiger partial charge in [-0.3, -0.25) is 0 Å². The second-order valence-corrected chi connectivity index (χ2v) is 2.78. The molecule has 2 aromatic rings. The molecule has 0 unspecified atom stereocenters. The van der Waals surface area contributed by atoms with Crippen molar-refractivity contribution < 1.29 is 21.4 Å². The third-order valence-corrected chi connectivity index (χ3v) is 2.11. The maximum atomic E-state index is 2.10. The van der Waals surface area contributed by atoms with Gasteiger partial charge in [-0.05, 0) is 6.07 Å². The lowest BCUT2D eigenvalue weighted by molar-refractivity contribution is -0.507. The molecule has 0 aromatic carbocycles. The number of halogens is 1. The summed E-state index contributed by atoms with van der Waals surface area (Å²) in [6, 6.07) is 6.18. The zero-order chi connectivity index (χ0) is 6.10. The monoisotopic (exact) mass is 215 g/mol. The van der Waals surface area contributed by atoms with E-state index < -0.39 is 0 Å². The predicted molar refractivity (Wildman–Crippen MR) is 37.5 cm³/mol. The standard InChI is InChI=1S/C7H6NS.BrH/c1-2-4-8-5-6-9-7(8)3-1;/h1-6H;1H/q+1;/p-1. The van der Waals surface area contributed by atoms with Crippen LogP contribution in [0.25, 0.3) is 4.83 Å². The summed E-state index contributed by atoms with van der Waals surface area (Å²) >= 11 is 1.75. The zero-order valence-corrected chi connectivity index (χ0v) is 7.60. The molecule has 0 bridgehead atoms. The van der Waals surface area contributed by atoms with E-state index in [1.54, 1.807) is 11.3 Å². The zero-order valence-electron chi connectivity index (χ0n) is 5.20. The fourth-order valence-corrected chi connectivity index (χ4v) is 1.56. The first-order chi connectivity index (χ1) is 4.47. The van der Waals surface area contributed by atoms with Gasteiger partial charge in [-0.25, -0.2) is 0 Å². The molecule has 52 valence electrons. The largest absolute Gasteiger partial charge is 1.00 e. The van der Waals surface area contributed by atoms with E-state index in [1.807, 2.05) is 18.3 Å². The van der Waals surface area contributed by atoms with E-state index in [1.165, 1.54) is 4.83 Å². The highest BCUT2D eigenvalue weighted by Gasteiger charge is 1.97. The molecule has 0 fully saturated rings. The van der Waals surface area contributed by atoms with Crippen LogP contribution in [0.1, 0.15) is 0 Å². The number of nitrogens with zero attached hydrogens (tertiary/aromatic N) is 1. The highest BCUT2D eigenvalue weighted by Crippen LogP contribution is 2.01. The average Bonchev–Trinajstić information content (AvgIpc) is 2.33. The van der Waals surface area contributed by atoms with Crippen LogP contribution < -0.4 is 21.4 Å². The molecule has 0 aliphatic carbocycles. The molecule has 0 aliphatic heterocycles. The topological polar surface area (TPSA) is 4.10 Å². The van der Waals surface area contributed by atoms with Crippen LogP contribution in [0.2, 0.25) is 0 Å². The van der Waals surface area contributed by atoms with Gasteiger partial charge in [0.2, 0.25) is 0 Å². The summed E-state index contributed by atoms with van der Waals surface area (Å²) in [5, 5.41) is 2.08. The second kappa shape index (κ2) is 3.12. The summed E-state index contributed by atoms with van der Waals surface area (Å²) in [5.41, 5.74) is 0. The predicted octanol–water partition coefficient (Wildman–Crippen LogP) is -1.51. The summed E-state index contributed by atoms with van der Waals surface area (Å²) in [6.07, 6.45) is 4.10. The molecular weight excluding hydrogens is 210 g/mol. The van der Waals surface area contributed by atoms with Gasteiger partial charge in [0.05, 0.1) is 5.38 Å². The van der Waals surface area contributed by atoms with E-state index in [0.29, 0.717) is 0 Å². The number of thiazole rings is 1. The molecule has 10 heavy (non-hydrogen) atoms. The van der Waals surface area contributed by atoms with Crippen LogP contribution in [-0.4, -0.2) is 0 Å². The van der Waals surface area contributed by atoms with Crippen molar-refractivity contribution in [1.82, 2.24) is 0 Å². The molecule has 2 heterocycles. The molecule has 0 amide bonds. The summed E-state index contributed by atoms with van der Waals surface area (Å²) in [4.78, 5) is 1.29. The molecule has 0 saturated carbocycles. The minimum absolute atomic E-state index is 0. The first-order valence-electron chi connectivity index (χ1n) is 2.80.